The van der Waals surface area contributed by atoms with E-state index in [1.165, 1.54) is 0 Å². The lowest BCUT2D eigenvalue weighted by Gasteiger charge is -2.13. The normalized spacial score (nSPS) is 10.9. The molecule has 0 aliphatic carbocycles. The fraction of sp³-hybridized carbons (Fsp3) is 0.143. The summed E-state index contributed by atoms with van der Waals surface area (Å²) < 4.78 is 0. The van der Waals surface area contributed by atoms with E-state index in [0.29, 0.717) is 22.5 Å². The van der Waals surface area contributed by atoms with E-state index < -0.39 is 0 Å². The van der Waals surface area contributed by atoms with E-state index in [1.807, 2.05) is 39.0 Å². The van der Waals surface area contributed by atoms with Crippen LogP contribution in [0.5, 0.6) is 0 Å². The van der Waals surface area contributed by atoms with Crippen LogP contribution >= 0.6 is 0 Å². The summed E-state index contributed by atoms with van der Waals surface area (Å²) in [5.74, 6) is -0.548. The molecule has 0 aliphatic heterocycles. The van der Waals surface area contributed by atoms with E-state index in [0.717, 1.165) is 11.1 Å². The Hall–Kier alpha value is -3.14. The summed E-state index contributed by atoms with van der Waals surface area (Å²) in [7, 11) is 0. The Morgan fingerprint density at radius 3 is 2.36 bits per heavy atom. The maximum Gasteiger partial charge on any atom is 0.257 e. The number of carbonyl (C=O) groups excluding carboxylic acids is 2. The molecule has 0 aliphatic rings. The second-order valence-corrected chi connectivity index (χ2v) is 5.77. The molecule has 2 aromatic rings. The first-order valence-corrected chi connectivity index (χ1v) is 8.03. The molecule has 2 rings (SSSR count). The number of allylic oxidation sites excluding steroid dienone is 2. The Bertz CT molecular complexity index is 851. The van der Waals surface area contributed by atoms with Crippen molar-refractivity contribution in [2.75, 3.05) is 5.32 Å². The van der Waals surface area contributed by atoms with Gasteiger partial charge in [0, 0.05) is 11.3 Å². The zero-order valence-corrected chi connectivity index (χ0v) is 14.7. The van der Waals surface area contributed by atoms with Crippen molar-refractivity contribution >= 4 is 17.5 Å². The molecule has 2 N–H and O–H groups in total. The van der Waals surface area contributed by atoms with Crippen LogP contribution in [0.3, 0.4) is 0 Å². The molecule has 0 bridgehead atoms. The third-order valence-electron chi connectivity index (χ3n) is 3.74. The largest absolute Gasteiger partial charge is 0.322 e. The van der Waals surface area contributed by atoms with Gasteiger partial charge in [-0.1, -0.05) is 42.0 Å². The van der Waals surface area contributed by atoms with Gasteiger partial charge in [0.1, 0.15) is 0 Å². The van der Waals surface area contributed by atoms with E-state index >= 15 is 0 Å². The molecule has 4 heteroatoms. The minimum atomic E-state index is -0.295. The van der Waals surface area contributed by atoms with Crippen molar-refractivity contribution in [3.8, 4) is 0 Å². The Kier molecular flexibility index (Phi) is 5.90. The molecule has 0 heterocycles. The molecule has 128 valence electrons. The summed E-state index contributed by atoms with van der Waals surface area (Å²) >= 11 is 0. The number of hydrogen-bond donors (Lipinski definition) is 2. The number of anilines is 1. The topological polar surface area (TPSA) is 58.2 Å². The lowest BCUT2D eigenvalue weighted by atomic mass is 10.1. The molecule has 4 nitrogen and oxygen atoms in total. The van der Waals surface area contributed by atoms with Gasteiger partial charge in [0.25, 0.3) is 11.8 Å². The molecule has 0 radical (unpaired) electrons. The van der Waals surface area contributed by atoms with E-state index in [4.69, 9.17) is 0 Å². The van der Waals surface area contributed by atoms with Gasteiger partial charge in [0.15, 0.2) is 0 Å². The molecule has 0 unspecified atom stereocenters. The van der Waals surface area contributed by atoms with Gasteiger partial charge >= 0.3 is 0 Å². The van der Waals surface area contributed by atoms with Gasteiger partial charge in [-0.05, 0) is 51.1 Å². The standard InChI is InChI=1S/C21H22N2O2/c1-5-17(6-2)22-21(25)18-13-15(4)10-11-19(18)23-20(24)16-9-7-8-14(3)12-16/h5-13H,1H2,2-4H3,(H,22,25)(H,23,24)/b17-6+. The highest BCUT2D eigenvalue weighted by atomic mass is 16.2. The maximum absolute atomic E-state index is 12.6. The van der Waals surface area contributed by atoms with Crippen LogP contribution < -0.4 is 10.6 Å². The summed E-state index contributed by atoms with van der Waals surface area (Å²) in [6.45, 7) is 9.30. The van der Waals surface area contributed by atoms with Crippen molar-refractivity contribution < 1.29 is 9.59 Å². The van der Waals surface area contributed by atoms with Crippen molar-refractivity contribution in [1.82, 2.24) is 5.32 Å². The number of amides is 2. The molecular formula is C21H22N2O2. The molecular weight excluding hydrogens is 312 g/mol. The van der Waals surface area contributed by atoms with Crippen LogP contribution in [0.25, 0.3) is 0 Å². The van der Waals surface area contributed by atoms with E-state index in [-0.39, 0.29) is 11.8 Å². The molecule has 2 amide bonds. The van der Waals surface area contributed by atoms with Crippen LogP contribution in [0.2, 0.25) is 0 Å². The molecule has 0 fully saturated rings. The highest BCUT2D eigenvalue weighted by Gasteiger charge is 2.15. The minimum absolute atomic E-state index is 0.253. The highest BCUT2D eigenvalue weighted by Crippen LogP contribution is 2.19. The quantitative estimate of drug-likeness (QED) is 0.798. The fourth-order valence-electron chi connectivity index (χ4n) is 2.38. The number of aryl methyl sites for hydroxylation is 2. The molecule has 0 aromatic heterocycles. The third kappa shape index (κ3) is 4.67. The first-order chi connectivity index (χ1) is 11.9. The molecule has 0 spiro atoms. The fourth-order valence-corrected chi connectivity index (χ4v) is 2.38. The van der Waals surface area contributed by atoms with Crippen molar-refractivity contribution in [3.05, 3.63) is 89.1 Å². The Morgan fingerprint density at radius 1 is 1.00 bits per heavy atom. The lowest BCUT2D eigenvalue weighted by Crippen LogP contribution is -2.24. The second-order valence-electron chi connectivity index (χ2n) is 5.77. The number of benzene rings is 2. The molecule has 2 aromatic carbocycles. The van der Waals surface area contributed by atoms with Gasteiger partial charge in [-0.25, -0.2) is 0 Å². The number of hydrogen-bond acceptors (Lipinski definition) is 2. The monoisotopic (exact) mass is 334 g/mol. The third-order valence-corrected chi connectivity index (χ3v) is 3.74. The first-order valence-electron chi connectivity index (χ1n) is 8.03. The van der Waals surface area contributed by atoms with Gasteiger partial charge < -0.3 is 10.6 Å². The summed E-state index contributed by atoms with van der Waals surface area (Å²) in [6.07, 6.45) is 3.32. The average molecular weight is 334 g/mol. The Labute approximate surface area is 148 Å². The van der Waals surface area contributed by atoms with Crippen molar-refractivity contribution in [2.45, 2.75) is 20.8 Å². The minimum Gasteiger partial charge on any atom is -0.322 e. The van der Waals surface area contributed by atoms with Crippen LogP contribution in [0, 0.1) is 13.8 Å². The summed E-state index contributed by atoms with van der Waals surface area (Å²) in [5, 5.41) is 5.60. The van der Waals surface area contributed by atoms with Crippen molar-refractivity contribution in [1.29, 1.82) is 0 Å². The molecule has 0 saturated carbocycles. The average Bonchev–Trinajstić information content (AvgIpc) is 2.60. The maximum atomic E-state index is 12.6. The predicted octanol–water partition coefficient (Wildman–Crippen LogP) is 4.38. The van der Waals surface area contributed by atoms with Gasteiger partial charge in [-0.2, -0.15) is 0 Å². The van der Waals surface area contributed by atoms with Crippen molar-refractivity contribution in [3.63, 3.8) is 0 Å². The summed E-state index contributed by atoms with van der Waals surface area (Å²) in [5.41, 5.74) is 3.96. The Balaban J connectivity index is 2.30. The van der Waals surface area contributed by atoms with Crippen LogP contribution in [-0.4, -0.2) is 11.8 Å². The first kappa shape index (κ1) is 18.2. The zero-order valence-electron chi connectivity index (χ0n) is 14.7. The van der Waals surface area contributed by atoms with E-state index in [1.54, 1.807) is 36.4 Å². The predicted molar refractivity (Wildman–Crippen MR) is 102 cm³/mol. The SMILES string of the molecule is C=C/C(=C\C)NC(=O)c1cc(C)ccc1NC(=O)c1cccc(C)c1. The summed E-state index contributed by atoms with van der Waals surface area (Å²) in [6, 6.07) is 12.6. The Morgan fingerprint density at radius 2 is 1.72 bits per heavy atom. The number of nitrogens with one attached hydrogen (secondary N) is 2. The molecule has 0 saturated heterocycles. The molecule has 0 atom stereocenters. The van der Waals surface area contributed by atoms with E-state index in [2.05, 4.69) is 17.2 Å². The molecule has 25 heavy (non-hydrogen) atoms. The van der Waals surface area contributed by atoms with Crippen molar-refractivity contribution in [2.24, 2.45) is 0 Å². The van der Waals surface area contributed by atoms with Crippen LogP contribution in [-0.2, 0) is 0 Å². The highest BCUT2D eigenvalue weighted by molar-refractivity contribution is 6.09. The van der Waals surface area contributed by atoms with Crippen LogP contribution in [0.4, 0.5) is 5.69 Å². The van der Waals surface area contributed by atoms with Crippen LogP contribution in [0.1, 0.15) is 38.8 Å². The van der Waals surface area contributed by atoms with Gasteiger partial charge in [-0.15, -0.1) is 0 Å². The number of rotatable bonds is 5. The second kappa shape index (κ2) is 8.11. The van der Waals surface area contributed by atoms with Gasteiger partial charge in [0.2, 0.25) is 0 Å². The van der Waals surface area contributed by atoms with E-state index in [9.17, 15) is 9.59 Å². The summed E-state index contributed by atoms with van der Waals surface area (Å²) in [4.78, 5) is 25.1. The zero-order chi connectivity index (χ0) is 18.4. The smallest absolute Gasteiger partial charge is 0.257 e. The van der Waals surface area contributed by atoms with Gasteiger partial charge in [0.05, 0.1) is 11.3 Å². The van der Waals surface area contributed by atoms with Crippen LogP contribution in [0.15, 0.2) is 66.9 Å². The van der Waals surface area contributed by atoms with Gasteiger partial charge in [-0.3, -0.25) is 9.59 Å². The number of carbonyl (C=O) groups is 2. The lowest BCUT2D eigenvalue weighted by molar-refractivity contribution is 0.0968.